The number of nitriles is 1. The fourth-order valence-corrected chi connectivity index (χ4v) is 2.04. The molecular formula is C18H13N3O. The van der Waals surface area contributed by atoms with Crippen molar-refractivity contribution in [2.45, 2.75) is 6.61 Å². The largest absolute Gasteiger partial charge is 0.489 e. The van der Waals surface area contributed by atoms with Gasteiger partial charge in [-0.05, 0) is 35.9 Å². The monoisotopic (exact) mass is 287 g/mol. The topological polar surface area (TPSA) is 58.8 Å². The van der Waals surface area contributed by atoms with E-state index in [1.54, 1.807) is 12.3 Å². The molecule has 0 unspecified atom stereocenters. The van der Waals surface area contributed by atoms with Gasteiger partial charge in [-0.3, -0.25) is 0 Å². The van der Waals surface area contributed by atoms with Gasteiger partial charge in [0.05, 0.1) is 5.69 Å². The molecule has 0 aliphatic carbocycles. The zero-order valence-electron chi connectivity index (χ0n) is 11.8. The minimum absolute atomic E-state index is 0.168. The van der Waals surface area contributed by atoms with E-state index >= 15 is 0 Å². The number of benzene rings is 2. The molecule has 4 nitrogen and oxygen atoms in total. The maximum absolute atomic E-state index is 8.84. The lowest BCUT2D eigenvalue weighted by Gasteiger charge is -2.07. The fraction of sp³-hybridized carbons (Fsp3) is 0.0556. The van der Waals surface area contributed by atoms with Gasteiger partial charge in [-0.2, -0.15) is 5.26 Å². The Morgan fingerprint density at radius 3 is 2.45 bits per heavy atom. The minimum Gasteiger partial charge on any atom is -0.489 e. The standard InChI is InChI=1S/C18H13N3O/c19-12-18-20-11-10-17(21-18)15-6-8-16(9-7-15)22-13-14-4-2-1-3-5-14/h1-11H,13H2. The minimum atomic E-state index is 0.168. The van der Waals surface area contributed by atoms with Crippen LogP contribution in [0.1, 0.15) is 11.4 Å². The average molecular weight is 287 g/mol. The molecule has 0 N–H and O–H groups in total. The van der Waals surface area contributed by atoms with E-state index in [0.717, 1.165) is 22.6 Å². The molecule has 0 amide bonds. The smallest absolute Gasteiger partial charge is 0.232 e. The van der Waals surface area contributed by atoms with Gasteiger partial charge < -0.3 is 4.74 Å². The Morgan fingerprint density at radius 2 is 1.73 bits per heavy atom. The van der Waals surface area contributed by atoms with E-state index < -0.39 is 0 Å². The molecule has 0 spiro atoms. The van der Waals surface area contributed by atoms with Crippen LogP contribution in [0.5, 0.6) is 5.75 Å². The van der Waals surface area contributed by atoms with E-state index in [4.69, 9.17) is 10.00 Å². The van der Waals surface area contributed by atoms with Crippen molar-refractivity contribution in [2.24, 2.45) is 0 Å². The summed E-state index contributed by atoms with van der Waals surface area (Å²) in [5.74, 6) is 0.962. The van der Waals surface area contributed by atoms with Gasteiger partial charge in [0, 0.05) is 11.8 Å². The average Bonchev–Trinajstić information content (AvgIpc) is 2.61. The van der Waals surface area contributed by atoms with E-state index in [9.17, 15) is 0 Å². The van der Waals surface area contributed by atoms with Crippen molar-refractivity contribution in [1.82, 2.24) is 9.97 Å². The Labute approximate surface area is 128 Å². The van der Waals surface area contributed by atoms with Crippen LogP contribution >= 0.6 is 0 Å². The first kappa shape index (κ1) is 13.8. The molecule has 0 aliphatic heterocycles. The Balaban J connectivity index is 1.71. The van der Waals surface area contributed by atoms with E-state index in [1.165, 1.54) is 0 Å². The number of aromatic nitrogens is 2. The van der Waals surface area contributed by atoms with E-state index in [-0.39, 0.29) is 5.82 Å². The summed E-state index contributed by atoms with van der Waals surface area (Å²) in [6, 6.07) is 21.4. The van der Waals surface area contributed by atoms with Crippen LogP contribution in [-0.4, -0.2) is 9.97 Å². The molecule has 0 aliphatic rings. The van der Waals surface area contributed by atoms with Crippen LogP contribution in [-0.2, 0) is 6.61 Å². The lowest BCUT2D eigenvalue weighted by atomic mass is 10.1. The molecule has 1 aromatic heterocycles. The molecule has 0 bridgehead atoms. The van der Waals surface area contributed by atoms with Gasteiger partial charge in [-0.1, -0.05) is 30.3 Å². The van der Waals surface area contributed by atoms with Gasteiger partial charge in [0.25, 0.3) is 0 Å². The number of rotatable bonds is 4. The molecule has 3 rings (SSSR count). The SMILES string of the molecule is N#Cc1nccc(-c2ccc(OCc3ccccc3)cc2)n1. The summed E-state index contributed by atoms with van der Waals surface area (Å²) < 4.78 is 5.74. The van der Waals surface area contributed by atoms with Crippen molar-refractivity contribution in [3.63, 3.8) is 0 Å². The Bertz CT molecular complexity index is 793. The summed E-state index contributed by atoms with van der Waals surface area (Å²) in [6.07, 6.45) is 1.58. The second-order valence-electron chi connectivity index (χ2n) is 4.68. The van der Waals surface area contributed by atoms with E-state index in [1.807, 2.05) is 60.7 Å². The number of hydrogen-bond acceptors (Lipinski definition) is 4. The first-order valence-corrected chi connectivity index (χ1v) is 6.85. The highest BCUT2D eigenvalue weighted by molar-refractivity contribution is 5.60. The first-order chi connectivity index (χ1) is 10.8. The molecule has 0 atom stereocenters. The zero-order chi connectivity index (χ0) is 15.2. The predicted octanol–water partition coefficient (Wildman–Crippen LogP) is 3.59. The molecule has 1 heterocycles. The Hall–Kier alpha value is -3.19. The lowest BCUT2D eigenvalue weighted by Crippen LogP contribution is -1.95. The number of nitrogens with zero attached hydrogens (tertiary/aromatic N) is 3. The number of ether oxygens (including phenoxy) is 1. The molecule has 22 heavy (non-hydrogen) atoms. The maximum Gasteiger partial charge on any atom is 0.232 e. The van der Waals surface area contributed by atoms with Crippen LogP contribution in [0.3, 0.4) is 0 Å². The van der Waals surface area contributed by atoms with Crippen molar-refractivity contribution in [3.8, 4) is 23.1 Å². The highest BCUT2D eigenvalue weighted by Gasteiger charge is 2.02. The van der Waals surface area contributed by atoms with Crippen molar-refractivity contribution >= 4 is 0 Å². The maximum atomic E-state index is 8.84. The van der Waals surface area contributed by atoms with Crippen LogP contribution in [0.4, 0.5) is 0 Å². The van der Waals surface area contributed by atoms with Crippen LogP contribution in [0.25, 0.3) is 11.3 Å². The predicted molar refractivity (Wildman–Crippen MR) is 83.0 cm³/mol. The summed E-state index contributed by atoms with van der Waals surface area (Å²) in [5, 5.41) is 8.84. The zero-order valence-corrected chi connectivity index (χ0v) is 11.8. The molecule has 0 radical (unpaired) electrons. The molecular weight excluding hydrogens is 274 g/mol. The molecule has 2 aromatic carbocycles. The normalized spacial score (nSPS) is 9.95. The van der Waals surface area contributed by atoms with Crippen molar-refractivity contribution in [1.29, 1.82) is 5.26 Å². The van der Waals surface area contributed by atoms with Gasteiger partial charge in [-0.25, -0.2) is 9.97 Å². The van der Waals surface area contributed by atoms with Crippen molar-refractivity contribution < 1.29 is 4.74 Å². The summed E-state index contributed by atoms with van der Waals surface area (Å²) >= 11 is 0. The fourth-order valence-electron chi connectivity index (χ4n) is 2.04. The second kappa shape index (κ2) is 6.51. The summed E-state index contributed by atoms with van der Waals surface area (Å²) in [5.41, 5.74) is 2.77. The highest BCUT2D eigenvalue weighted by Crippen LogP contribution is 2.21. The van der Waals surface area contributed by atoms with Gasteiger partial charge >= 0.3 is 0 Å². The van der Waals surface area contributed by atoms with Crippen LogP contribution in [0.2, 0.25) is 0 Å². The quantitative estimate of drug-likeness (QED) is 0.735. The van der Waals surface area contributed by atoms with E-state index in [2.05, 4.69) is 9.97 Å². The van der Waals surface area contributed by atoms with Crippen molar-refractivity contribution in [2.75, 3.05) is 0 Å². The lowest BCUT2D eigenvalue weighted by molar-refractivity contribution is 0.306. The molecule has 0 fully saturated rings. The van der Waals surface area contributed by atoms with Crippen LogP contribution in [0, 0.1) is 11.3 Å². The molecule has 4 heteroatoms. The summed E-state index contributed by atoms with van der Waals surface area (Å²) in [7, 11) is 0. The Morgan fingerprint density at radius 1 is 0.955 bits per heavy atom. The van der Waals surface area contributed by atoms with E-state index in [0.29, 0.717) is 6.61 Å². The highest BCUT2D eigenvalue weighted by atomic mass is 16.5. The molecule has 3 aromatic rings. The molecule has 0 saturated carbocycles. The van der Waals surface area contributed by atoms with Crippen LogP contribution in [0.15, 0.2) is 66.9 Å². The third kappa shape index (κ3) is 3.28. The van der Waals surface area contributed by atoms with Gasteiger partial charge in [0.1, 0.15) is 18.4 Å². The second-order valence-corrected chi connectivity index (χ2v) is 4.68. The third-order valence-corrected chi connectivity index (χ3v) is 3.15. The van der Waals surface area contributed by atoms with Gasteiger partial charge in [0.2, 0.25) is 5.82 Å². The van der Waals surface area contributed by atoms with Gasteiger partial charge in [0.15, 0.2) is 0 Å². The van der Waals surface area contributed by atoms with Gasteiger partial charge in [-0.15, -0.1) is 0 Å². The Kier molecular flexibility index (Phi) is 4.08. The van der Waals surface area contributed by atoms with Crippen LogP contribution < -0.4 is 4.74 Å². The summed E-state index contributed by atoms with van der Waals surface area (Å²) in [4.78, 5) is 8.04. The summed E-state index contributed by atoms with van der Waals surface area (Å²) in [6.45, 7) is 0.534. The van der Waals surface area contributed by atoms with Crippen molar-refractivity contribution in [3.05, 3.63) is 78.2 Å². The molecule has 0 saturated heterocycles. The third-order valence-electron chi connectivity index (χ3n) is 3.15. The first-order valence-electron chi connectivity index (χ1n) is 6.85. The number of hydrogen-bond donors (Lipinski definition) is 0. The molecule has 106 valence electrons.